The van der Waals surface area contributed by atoms with Crippen LogP contribution >= 0.6 is 25.3 Å². The fourth-order valence-electron chi connectivity index (χ4n) is 2.55. The molecule has 0 bridgehead atoms. The van der Waals surface area contributed by atoms with Gasteiger partial charge in [-0.25, -0.2) is 0 Å². The molecule has 0 heterocycles. The highest BCUT2D eigenvalue weighted by Gasteiger charge is 2.25. The molecule has 7 N–H and O–H groups in total. The van der Waals surface area contributed by atoms with E-state index in [0.717, 1.165) is 0 Å². The minimum Gasteiger partial charge on any atom is -0.550 e. The summed E-state index contributed by atoms with van der Waals surface area (Å²) in [5, 5.41) is 41.4. The monoisotopic (exact) mass is 551 g/mol. The van der Waals surface area contributed by atoms with Crippen LogP contribution in [0.2, 0.25) is 0 Å². The van der Waals surface area contributed by atoms with Crippen molar-refractivity contribution in [1.82, 2.24) is 21.3 Å². The van der Waals surface area contributed by atoms with E-state index in [1.807, 2.05) is 0 Å². The molecule has 0 aliphatic rings. The summed E-state index contributed by atoms with van der Waals surface area (Å²) in [6.07, 6.45) is -1.73. The Morgan fingerprint density at radius 1 is 0.667 bits per heavy atom. The van der Waals surface area contributed by atoms with Crippen LogP contribution < -0.4 is 42.3 Å². The van der Waals surface area contributed by atoms with Gasteiger partial charge in [0.25, 0.3) is 0 Å². The third kappa shape index (κ3) is 13.7. The lowest BCUT2D eigenvalue weighted by Crippen LogP contribution is -2.68. The summed E-state index contributed by atoms with van der Waals surface area (Å²) < 4.78 is 0. The first-order valence-corrected chi connectivity index (χ1v) is 11.9. The Morgan fingerprint density at radius 2 is 1.17 bits per heavy atom. The number of carboxylic acid groups (broad SMARTS) is 3. The minimum atomic E-state index is -1.71. The summed E-state index contributed by atoms with van der Waals surface area (Å²) >= 11 is 7.87. The van der Waals surface area contributed by atoms with Crippen molar-refractivity contribution in [1.29, 1.82) is 0 Å². The van der Waals surface area contributed by atoms with Crippen molar-refractivity contribution in [2.45, 2.75) is 56.3 Å². The zero-order valence-electron chi connectivity index (χ0n) is 19.2. The predicted octanol–water partition coefficient (Wildman–Crippen LogP) is -7.77. The summed E-state index contributed by atoms with van der Waals surface area (Å²) in [5.74, 6) is -7.96. The molecule has 0 aliphatic heterocycles. The number of amides is 4. The van der Waals surface area contributed by atoms with E-state index in [2.05, 4.69) is 52.3 Å². The molecule has 0 saturated carbocycles. The van der Waals surface area contributed by atoms with Gasteiger partial charge in [0.05, 0.1) is 18.0 Å². The van der Waals surface area contributed by atoms with E-state index in [0.29, 0.717) is 0 Å². The topological polar surface area (TPSA) is 264 Å². The van der Waals surface area contributed by atoms with Crippen LogP contribution in [0.3, 0.4) is 0 Å². The first kappa shape index (κ1) is 33.0. The van der Waals surface area contributed by atoms with E-state index < -0.39 is 85.0 Å². The number of hydrogen-bond acceptors (Lipinski definition) is 12. The van der Waals surface area contributed by atoms with Gasteiger partial charge >= 0.3 is 0 Å². The van der Waals surface area contributed by atoms with Gasteiger partial charge in [0.1, 0.15) is 18.1 Å². The molecule has 0 aromatic rings. The van der Waals surface area contributed by atoms with Gasteiger partial charge < -0.3 is 56.7 Å². The Hall–Kier alpha value is -3.05. The smallest absolute Gasteiger partial charge is 0.243 e. The molecule has 0 spiro atoms. The molecule has 0 fully saturated rings. The number of aliphatic carboxylic acids is 3. The number of carbonyl (C=O) groups excluding carboxylic acids is 7. The summed E-state index contributed by atoms with van der Waals surface area (Å²) in [6.45, 7) is -0.227. The van der Waals surface area contributed by atoms with E-state index in [1.54, 1.807) is 0 Å². The lowest BCUT2D eigenvalue weighted by molar-refractivity contribution is -0.438. The molecule has 0 aliphatic carbocycles. The van der Waals surface area contributed by atoms with Crippen molar-refractivity contribution in [2.24, 2.45) is 0 Å². The molecule has 15 nitrogen and oxygen atoms in total. The largest absolute Gasteiger partial charge is 0.550 e. The normalized spacial score (nSPS) is 13.9. The van der Waals surface area contributed by atoms with Crippen molar-refractivity contribution >= 4 is 66.8 Å². The Balaban J connectivity index is 4.81. The van der Waals surface area contributed by atoms with Crippen LogP contribution in [0.4, 0.5) is 0 Å². The average Bonchev–Trinajstić information content (AvgIpc) is 2.80. The van der Waals surface area contributed by atoms with E-state index in [-0.39, 0.29) is 30.9 Å². The van der Waals surface area contributed by atoms with Gasteiger partial charge in [-0.2, -0.15) is 25.3 Å². The molecule has 0 unspecified atom stereocenters. The molecular weight excluding hydrogens is 522 g/mol. The minimum absolute atomic E-state index is 0.134. The number of nitrogens with one attached hydrogen (secondary N) is 4. The highest BCUT2D eigenvalue weighted by molar-refractivity contribution is 7.80. The van der Waals surface area contributed by atoms with Crippen molar-refractivity contribution in [3.63, 3.8) is 0 Å². The lowest BCUT2D eigenvalue weighted by Gasteiger charge is -2.24. The number of thiol groups is 2. The highest BCUT2D eigenvalue weighted by Crippen LogP contribution is 2.02. The fraction of sp³-hybridized carbons (Fsp3) is 0.632. The number of hydrogen-bond donors (Lipinski definition) is 7. The molecule has 36 heavy (non-hydrogen) atoms. The third-order valence-corrected chi connectivity index (χ3v) is 5.34. The maximum absolute atomic E-state index is 12.4. The van der Waals surface area contributed by atoms with Crippen LogP contribution in [0, 0.1) is 0 Å². The van der Waals surface area contributed by atoms with Crippen LogP contribution in [0.1, 0.15) is 32.1 Å². The van der Waals surface area contributed by atoms with Crippen LogP contribution in [0.5, 0.6) is 0 Å². The van der Waals surface area contributed by atoms with Gasteiger partial charge in [0.15, 0.2) is 0 Å². The van der Waals surface area contributed by atoms with Crippen LogP contribution in [-0.2, 0) is 33.6 Å². The predicted molar refractivity (Wildman–Crippen MR) is 121 cm³/mol. The molecule has 4 amide bonds. The van der Waals surface area contributed by atoms with Gasteiger partial charge in [-0.3, -0.25) is 19.2 Å². The maximum Gasteiger partial charge on any atom is 0.243 e. The molecular formula is C19H29N5O10S2-2. The van der Waals surface area contributed by atoms with Gasteiger partial charge in [-0.15, -0.1) is 0 Å². The van der Waals surface area contributed by atoms with Gasteiger partial charge in [0.2, 0.25) is 23.6 Å². The molecule has 204 valence electrons. The van der Waals surface area contributed by atoms with Crippen molar-refractivity contribution in [2.75, 3.05) is 18.1 Å². The van der Waals surface area contributed by atoms with Gasteiger partial charge in [-0.05, 0) is 6.42 Å². The Kier molecular flexibility index (Phi) is 15.9. The number of rotatable bonds is 18. The van der Waals surface area contributed by atoms with Crippen LogP contribution in [0.25, 0.3) is 0 Å². The molecule has 17 heteroatoms. The standard InChI is InChI=1S/C19H31N5O10S2/c20-9(18(31)32)1-3-13(25)23-12(8-36)17(30)24-10(19(33)34)2-4-14(26)22-11(7-35)16(29)21-6-5-15(27)28/h9-12,35-36H,1-8,20H2,(H,21,29)(H,22,26)(H,23,25)(H,24,30)(H,27,28)(H,31,32)(H,33,34)/p-2/t9-,10-,11-,12-/m0/s1. The quantitative estimate of drug-likeness (QED) is 0.0791. The molecule has 0 aromatic carbocycles. The molecule has 0 rings (SSSR count). The summed E-state index contributed by atoms with van der Waals surface area (Å²) in [5.41, 5.74) is 3.30. The van der Waals surface area contributed by atoms with E-state index in [1.165, 1.54) is 0 Å². The molecule has 0 aromatic heterocycles. The van der Waals surface area contributed by atoms with Crippen molar-refractivity contribution in [3.05, 3.63) is 0 Å². The van der Waals surface area contributed by atoms with Crippen molar-refractivity contribution in [3.8, 4) is 0 Å². The second-order valence-corrected chi connectivity index (χ2v) is 8.22. The third-order valence-electron chi connectivity index (χ3n) is 4.61. The zero-order chi connectivity index (χ0) is 27.8. The maximum atomic E-state index is 12.4. The fourth-order valence-corrected chi connectivity index (χ4v) is 3.07. The lowest BCUT2D eigenvalue weighted by atomic mass is 10.1. The Morgan fingerprint density at radius 3 is 1.61 bits per heavy atom. The average molecular weight is 552 g/mol. The highest BCUT2D eigenvalue weighted by atomic mass is 32.1. The Bertz CT molecular complexity index is 828. The SMILES string of the molecule is [NH3+][C@@H](CCC(=O)N[C@@H](CS)C(=O)N[C@@H](CCC(=O)N[C@@H](CS)C(=O)NCCC(=O)[O-])C(=O)[O-])C(=O)[O-]. The van der Waals surface area contributed by atoms with E-state index in [4.69, 9.17) is 0 Å². The molecule has 0 radical (unpaired) electrons. The second-order valence-electron chi connectivity index (χ2n) is 7.49. The summed E-state index contributed by atoms with van der Waals surface area (Å²) in [7, 11) is 0. The summed E-state index contributed by atoms with van der Waals surface area (Å²) in [6, 6.07) is -5.16. The van der Waals surface area contributed by atoms with Crippen molar-refractivity contribution < 1.29 is 54.6 Å². The zero-order valence-corrected chi connectivity index (χ0v) is 20.9. The summed E-state index contributed by atoms with van der Waals surface area (Å²) in [4.78, 5) is 80.9. The number of carbonyl (C=O) groups is 7. The molecule has 0 saturated heterocycles. The number of quaternary nitrogens is 1. The molecule has 4 atom stereocenters. The van der Waals surface area contributed by atoms with Crippen LogP contribution in [-0.4, -0.2) is 83.8 Å². The van der Waals surface area contributed by atoms with Gasteiger partial charge in [-0.1, -0.05) is 0 Å². The first-order chi connectivity index (χ1) is 16.8. The Labute approximate surface area is 217 Å². The van der Waals surface area contributed by atoms with E-state index >= 15 is 0 Å². The second kappa shape index (κ2) is 17.4. The van der Waals surface area contributed by atoms with Gasteiger partial charge in [0, 0.05) is 49.7 Å². The van der Waals surface area contributed by atoms with Crippen LogP contribution in [0.15, 0.2) is 0 Å². The first-order valence-electron chi connectivity index (χ1n) is 10.6. The van der Waals surface area contributed by atoms with E-state index in [9.17, 15) is 48.9 Å². The number of carboxylic acids is 3.